The van der Waals surface area contributed by atoms with Crippen LogP contribution in [0.5, 0.6) is 5.75 Å². The molecule has 0 aliphatic heterocycles. The molecular formula is C9H14N2OS. The van der Waals surface area contributed by atoms with Crippen LogP contribution in [0.15, 0.2) is 12.3 Å². The summed E-state index contributed by atoms with van der Waals surface area (Å²) in [5.74, 6) is 0.216. The second-order valence-electron chi connectivity index (χ2n) is 3.34. The quantitative estimate of drug-likeness (QED) is 0.730. The Labute approximate surface area is 83.2 Å². The van der Waals surface area contributed by atoms with Gasteiger partial charge in [-0.3, -0.25) is 0 Å². The molecule has 0 spiro atoms. The normalized spacial score (nSPS) is 10.8. The third-order valence-electron chi connectivity index (χ3n) is 1.81. The molecule has 13 heavy (non-hydrogen) atoms. The number of hydrogen-bond donors (Lipinski definition) is 1. The van der Waals surface area contributed by atoms with Crippen molar-refractivity contribution in [3.05, 3.63) is 22.5 Å². The summed E-state index contributed by atoms with van der Waals surface area (Å²) < 4.78 is 2.21. The molecule has 1 aromatic heterocycles. The molecule has 0 saturated carbocycles. The van der Waals surface area contributed by atoms with Gasteiger partial charge in [0.2, 0.25) is 0 Å². The van der Waals surface area contributed by atoms with Crippen molar-refractivity contribution in [3.63, 3.8) is 0 Å². The topological polar surface area (TPSA) is 28.4 Å². The molecule has 0 amide bonds. The number of aryl methyl sites for hydroxylation is 1. The van der Waals surface area contributed by atoms with Gasteiger partial charge in [-0.25, -0.2) is 0 Å². The van der Waals surface area contributed by atoms with Gasteiger partial charge in [-0.2, -0.15) is 0 Å². The van der Waals surface area contributed by atoms with Crippen molar-refractivity contribution in [1.82, 2.24) is 9.47 Å². The summed E-state index contributed by atoms with van der Waals surface area (Å²) in [6, 6.07) is 1.88. The lowest BCUT2D eigenvalue weighted by atomic mass is 10.2. The first-order valence-electron chi connectivity index (χ1n) is 4.04. The third-order valence-corrected chi connectivity index (χ3v) is 2.29. The van der Waals surface area contributed by atoms with Gasteiger partial charge in [-0.15, -0.1) is 0 Å². The Hall–Kier alpha value is -0.870. The minimum atomic E-state index is 0.216. The zero-order chi connectivity index (χ0) is 10.0. The third kappa shape index (κ3) is 2.29. The minimum Gasteiger partial charge on any atom is -0.505 e. The highest BCUT2D eigenvalue weighted by molar-refractivity contribution is 7.71. The Kier molecular flexibility index (Phi) is 3.06. The molecule has 0 saturated heterocycles. The Bertz CT molecular complexity index is 357. The second kappa shape index (κ2) is 3.89. The van der Waals surface area contributed by atoms with Crippen molar-refractivity contribution in [3.8, 4) is 5.75 Å². The van der Waals surface area contributed by atoms with Crippen molar-refractivity contribution >= 4 is 12.2 Å². The lowest BCUT2D eigenvalue weighted by Crippen LogP contribution is -2.11. The summed E-state index contributed by atoms with van der Waals surface area (Å²) in [5.41, 5.74) is 0.869. The van der Waals surface area contributed by atoms with E-state index in [1.165, 1.54) is 0 Å². The van der Waals surface area contributed by atoms with Crippen LogP contribution in [0.4, 0.5) is 0 Å². The lowest BCUT2D eigenvalue weighted by Gasteiger charge is -2.12. The van der Waals surface area contributed by atoms with E-state index in [-0.39, 0.29) is 5.75 Å². The molecule has 0 atom stereocenters. The Morgan fingerprint density at radius 2 is 2.15 bits per heavy atom. The molecule has 3 nitrogen and oxygen atoms in total. The Morgan fingerprint density at radius 1 is 1.54 bits per heavy atom. The largest absolute Gasteiger partial charge is 0.505 e. The van der Waals surface area contributed by atoms with Crippen molar-refractivity contribution in [2.24, 2.45) is 7.05 Å². The van der Waals surface area contributed by atoms with E-state index in [4.69, 9.17) is 12.2 Å². The molecule has 0 bridgehead atoms. The molecule has 0 aliphatic carbocycles. The van der Waals surface area contributed by atoms with Gasteiger partial charge in [0.25, 0.3) is 0 Å². The van der Waals surface area contributed by atoms with Crippen molar-refractivity contribution in [2.45, 2.75) is 6.54 Å². The van der Waals surface area contributed by atoms with Crippen LogP contribution in [0, 0.1) is 4.64 Å². The molecule has 72 valence electrons. The molecule has 4 heteroatoms. The predicted molar refractivity (Wildman–Crippen MR) is 55.3 cm³/mol. The molecule has 0 unspecified atom stereocenters. The van der Waals surface area contributed by atoms with Crippen LogP contribution in [0.2, 0.25) is 0 Å². The number of aromatic nitrogens is 1. The molecule has 1 rings (SSSR count). The summed E-state index contributed by atoms with van der Waals surface area (Å²) in [4.78, 5) is 1.99. The number of nitrogens with zero attached hydrogens (tertiary/aromatic N) is 2. The van der Waals surface area contributed by atoms with Crippen LogP contribution in [-0.2, 0) is 13.6 Å². The van der Waals surface area contributed by atoms with Crippen LogP contribution < -0.4 is 0 Å². The van der Waals surface area contributed by atoms with E-state index in [1.54, 1.807) is 4.57 Å². The first-order valence-corrected chi connectivity index (χ1v) is 4.45. The van der Waals surface area contributed by atoms with Gasteiger partial charge in [0.15, 0.2) is 5.75 Å². The number of aromatic hydroxyl groups is 1. The Balaban J connectivity index is 3.11. The molecule has 1 heterocycles. The zero-order valence-corrected chi connectivity index (χ0v) is 8.93. The van der Waals surface area contributed by atoms with E-state index in [0.717, 1.165) is 5.56 Å². The first kappa shape index (κ1) is 10.2. The van der Waals surface area contributed by atoms with Gasteiger partial charge in [0, 0.05) is 25.4 Å². The van der Waals surface area contributed by atoms with E-state index in [0.29, 0.717) is 11.2 Å². The number of hydrogen-bond acceptors (Lipinski definition) is 3. The van der Waals surface area contributed by atoms with Crippen LogP contribution >= 0.6 is 12.2 Å². The monoisotopic (exact) mass is 198 g/mol. The molecule has 0 aromatic carbocycles. The highest BCUT2D eigenvalue weighted by Crippen LogP contribution is 2.18. The summed E-state index contributed by atoms with van der Waals surface area (Å²) in [7, 11) is 5.73. The van der Waals surface area contributed by atoms with E-state index < -0.39 is 0 Å². The maximum Gasteiger partial charge on any atom is 0.154 e. The summed E-state index contributed by atoms with van der Waals surface area (Å²) in [5, 5.41) is 9.68. The molecule has 0 fully saturated rings. The highest BCUT2D eigenvalue weighted by Gasteiger charge is 2.04. The molecule has 1 aromatic rings. The summed E-state index contributed by atoms with van der Waals surface area (Å²) in [6.45, 7) is 0.705. The smallest absolute Gasteiger partial charge is 0.154 e. The van der Waals surface area contributed by atoms with Gasteiger partial charge < -0.3 is 14.6 Å². The van der Waals surface area contributed by atoms with Crippen LogP contribution in [0.1, 0.15) is 5.56 Å². The van der Waals surface area contributed by atoms with Crippen molar-refractivity contribution in [1.29, 1.82) is 0 Å². The maximum absolute atomic E-state index is 9.68. The fourth-order valence-electron chi connectivity index (χ4n) is 1.12. The zero-order valence-electron chi connectivity index (χ0n) is 8.11. The van der Waals surface area contributed by atoms with Crippen LogP contribution in [0.3, 0.4) is 0 Å². The SMILES string of the molecule is CN(C)Cc1ccn(C)c(=S)c1O. The van der Waals surface area contributed by atoms with E-state index in [9.17, 15) is 5.11 Å². The Morgan fingerprint density at radius 3 is 2.69 bits per heavy atom. The van der Waals surface area contributed by atoms with Crippen molar-refractivity contribution in [2.75, 3.05) is 14.1 Å². The fraction of sp³-hybridized carbons (Fsp3) is 0.444. The average molecular weight is 198 g/mol. The second-order valence-corrected chi connectivity index (χ2v) is 3.73. The summed E-state index contributed by atoms with van der Waals surface area (Å²) in [6.07, 6.45) is 1.86. The van der Waals surface area contributed by atoms with Gasteiger partial charge in [0.05, 0.1) is 0 Å². The van der Waals surface area contributed by atoms with E-state index in [2.05, 4.69) is 0 Å². The van der Waals surface area contributed by atoms with Gasteiger partial charge in [0.1, 0.15) is 4.64 Å². The molecular weight excluding hydrogens is 184 g/mol. The first-order chi connectivity index (χ1) is 6.02. The van der Waals surface area contributed by atoms with Gasteiger partial charge in [-0.05, 0) is 20.2 Å². The summed E-state index contributed by atoms with van der Waals surface area (Å²) >= 11 is 5.03. The minimum absolute atomic E-state index is 0.216. The predicted octanol–water partition coefficient (Wildman–Crippen LogP) is 1.52. The van der Waals surface area contributed by atoms with Gasteiger partial charge in [-0.1, -0.05) is 12.2 Å². The van der Waals surface area contributed by atoms with Crippen LogP contribution in [0.25, 0.3) is 0 Å². The maximum atomic E-state index is 9.68. The lowest BCUT2D eigenvalue weighted by molar-refractivity contribution is 0.383. The van der Waals surface area contributed by atoms with Crippen LogP contribution in [-0.4, -0.2) is 28.7 Å². The number of pyridine rings is 1. The molecule has 1 N–H and O–H groups in total. The van der Waals surface area contributed by atoms with E-state index >= 15 is 0 Å². The molecule has 0 radical (unpaired) electrons. The highest BCUT2D eigenvalue weighted by atomic mass is 32.1. The van der Waals surface area contributed by atoms with E-state index in [1.807, 2.05) is 38.3 Å². The average Bonchev–Trinajstić information content (AvgIpc) is 2.06. The fourth-order valence-corrected chi connectivity index (χ4v) is 1.31. The van der Waals surface area contributed by atoms with Crippen molar-refractivity contribution < 1.29 is 5.11 Å². The standard InChI is InChI=1S/C9H14N2OS/c1-10(2)6-7-4-5-11(3)9(13)8(7)12/h4-5,12H,6H2,1-3H3. The number of rotatable bonds is 2. The molecule has 0 aliphatic rings. The van der Waals surface area contributed by atoms with Gasteiger partial charge >= 0.3 is 0 Å².